The summed E-state index contributed by atoms with van der Waals surface area (Å²) in [6.07, 6.45) is 0. The monoisotopic (exact) mass is 486 g/mol. The van der Waals surface area contributed by atoms with Crippen molar-refractivity contribution in [3.8, 4) is 11.3 Å². The minimum Gasteiger partial charge on any atom is -0.462 e. The number of anilines is 1. The molecule has 2 heterocycles. The standard InChI is InChI=1S/C27H19ClN2O3S/c1-2-33-27(32)24-19-8-4-6-10-23(19)34-26(24)30-25(31)20-15-22(16-11-13-17(28)14-12-16)29-21-9-5-3-7-18(20)21/h3-15H,2H2,1H3,(H,30,31). The van der Waals surface area contributed by atoms with E-state index in [9.17, 15) is 9.59 Å². The molecule has 5 rings (SSSR count). The zero-order valence-electron chi connectivity index (χ0n) is 18.2. The smallest absolute Gasteiger partial charge is 0.341 e. The van der Waals surface area contributed by atoms with E-state index in [1.165, 1.54) is 11.3 Å². The lowest BCUT2D eigenvalue weighted by Crippen LogP contribution is -2.15. The van der Waals surface area contributed by atoms with Crippen LogP contribution < -0.4 is 5.32 Å². The molecule has 0 unspecified atom stereocenters. The molecule has 0 atom stereocenters. The third-order valence-corrected chi connectivity index (χ3v) is 6.74. The Morgan fingerprint density at radius 3 is 2.44 bits per heavy atom. The van der Waals surface area contributed by atoms with Gasteiger partial charge < -0.3 is 10.1 Å². The van der Waals surface area contributed by atoms with Gasteiger partial charge in [-0.1, -0.05) is 60.1 Å². The molecule has 0 fully saturated rings. The van der Waals surface area contributed by atoms with Crippen LogP contribution in [0.25, 0.3) is 32.2 Å². The molecule has 0 saturated heterocycles. The Kier molecular flexibility index (Phi) is 6.01. The molecule has 3 aromatic carbocycles. The highest BCUT2D eigenvalue weighted by Gasteiger charge is 2.23. The summed E-state index contributed by atoms with van der Waals surface area (Å²) in [6, 6.07) is 24.1. The molecule has 0 spiro atoms. The van der Waals surface area contributed by atoms with Gasteiger partial charge in [0.05, 0.1) is 23.4 Å². The summed E-state index contributed by atoms with van der Waals surface area (Å²) < 4.78 is 6.17. The quantitative estimate of drug-likeness (QED) is 0.267. The normalized spacial score (nSPS) is 11.0. The summed E-state index contributed by atoms with van der Waals surface area (Å²) in [5, 5.41) is 5.52. The number of ether oxygens (including phenoxy) is 1. The molecule has 1 amide bonds. The maximum absolute atomic E-state index is 13.6. The van der Waals surface area contributed by atoms with E-state index in [-0.39, 0.29) is 12.5 Å². The highest BCUT2D eigenvalue weighted by Crippen LogP contribution is 2.37. The van der Waals surface area contributed by atoms with Crippen LogP contribution in [0.5, 0.6) is 0 Å². The van der Waals surface area contributed by atoms with Gasteiger partial charge in [-0.2, -0.15) is 0 Å². The molecule has 0 radical (unpaired) electrons. The maximum atomic E-state index is 13.6. The van der Waals surface area contributed by atoms with Crippen LogP contribution in [-0.2, 0) is 4.74 Å². The zero-order valence-corrected chi connectivity index (χ0v) is 19.7. The van der Waals surface area contributed by atoms with E-state index in [0.717, 1.165) is 21.0 Å². The van der Waals surface area contributed by atoms with E-state index in [1.807, 2.05) is 60.7 Å². The van der Waals surface area contributed by atoms with Crippen LogP contribution in [0, 0.1) is 0 Å². The van der Waals surface area contributed by atoms with E-state index in [0.29, 0.717) is 32.4 Å². The Balaban J connectivity index is 1.61. The molecule has 0 saturated carbocycles. The van der Waals surface area contributed by atoms with Gasteiger partial charge in [0.15, 0.2) is 0 Å². The average molecular weight is 487 g/mol. The molecule has 7 heteroatoms. The van der Waals surface area contributed by atoms with Gasteiger partial charge in [0.25, 0.3) is 5.91 Å². The third-order valence-electron chi connectivity index (χ3n) is 5.40. The predicted octanol–water partition coefficient (Wildman–Crippen LogP) is 7.20. The number of amides is 1. The van der Waals surface area contributed by atoms with Gasteiger partial charge in [-0.15, -0.1) is 11.3 Å². The molecule has 0 aliphatic rings. The number of nitrogens with one attached hydrogen (secondary N) is 1. The number of halogens is 1. The molecular formula is C27H19ClN2O3S. The molecule has 168 valence electrons. The van der Waals surface area contributed by atoms with Crippen molar-refractivity contribution in [3.05, 3.63) is 95.0 Å². The number of rotatable bonds is 5. The first kappa shape index (κ1) is 22.1. The molecule has 1 N–H and O–H groups in total. The predicted molar refractivity (Wildman–Crippen MR) is 138 cm³/mol. The minimum atomic E-state index is -0.461. The Labute approximate surface area is 205 Å². The number of carbonyl (C=O) groups is 2. The van der Waals surface area contributed by atoms with E-state index in [4.69, 9.17) is 21.3 Å². The molecular weight excluding hydrogens is 468 g/mol. The van der Waals surface area contributed by atoms with Crippen LogP contribution in [-0.4, -0.2) is 23.5 Å². The van der Waals surface area contributed by atoms with Crippen molar-refractivity contribution in [2.24, 2.45) is 0 Å². The molecule has 5 nitrogen and oxygen atoms in total. The maximum Gasteiger partial charge on any atom is 0.341 e. The van der Waals surface area contributed by atoms with Crippen LogP contribution in [0.3, 0.4) is 0 Å². The number of hydrogen-bond acceptors (Lipinski definition) is 5. The number of fused-ring (bicyclic) bond motifs is 2. The number of hydrogen-bond donors (Lipinski definition) is 1. The van der Waals surface area contributed by atoms with Crippen LogP contribution in [0.15, 0.2) is 78.9 Å². The molecule has 0 aliphatic heterocycles. The number of aromatic nitrogens is 1. The SMILES string of the molecule is CCOC(=O)c1c(NC(=O)c2cc(-c3ccc(Cl)cc3)nc3ccccc23)sc2ccccc12. The lowest BCUT2D eigenvalue weighted by Gasteiger charge is -2.11. The summed E-state index contributed by atoms with van der Waals surface area (Å²) >= 11 is 7.39. The Bertz CT molecular complexity index is 1540. The van der Waals surface area contributed by atoms with Crippen LogP contribution in [0.2, 0.25) is 5.02 Å². The number of para-hydroxylation sites is 1. The van der Waals surface area contributed by atoms with Gasteiger partial charge >= 0.3 is 5.97 Å². The van der Waals surface area contributed by atoms with Crippen molar-refractivity contribution in [2.45, 2.75) is 6.92 Å². The van der Waals surface area contributed by atoms with Crippen molar-refractivity contribution in [1.82, 2.24) is 4.98 Å². The van der Waals surface area contributed by atoms with Crippen LogP contribution >= 0.6 is 22.9 Å². The van der Waals surface area contributed by atoms with Crippen molar-refractivity contribution in [1.29, 1.82) is 0 Å². The number of benzene rings is 3. The van der Waals surface area contributed by atoms with E-state index < -0.39 is 5.97 Å². The van der Waals surface area contributed by atoms with Gasteiger partial charge in [0.1, 0.15) is 10.6 Å². The highest BCUT2D eigenvalue weighted by molar-refractivity contribution is 7.23. The number of carbonyl (C=O) groups excluding carboxylic acids is 2. The number of pyridine rings is 1. The summed E-state index contributed by atoms with van der Waals surface area (Å²) in [5.74, 6) is -0.789. The lowest BCUT2D eigenvalue weighted by molar-refractivity contribution is 0.0530. The number of nitrogens with zero attached hydrogens (tertiary/aromatic N) is 1. The first-order valence-electron chi connectivity index (χ1n) is 10.7. The largest absolute Gasteiger partial charge is 0.462 e. The fourth-order valence-corrected chi connectivity index (χ4v) is 5.05. The average Bonchev–Trinajstić information content (AvgIpc) is 3.21. The van der Waals surface area contributed by atoms with E-state index in [1.54, 1.807) is 25.1 Å². The van der Waals surface area contributed by atoms with Gasteiger partial charge in [-0.05, 0) is 37.3 Å². The second kappa shape index (κ2) is 9.25. The number of esters is 1. The Hall–Kier alpha value is -3.74. The molecule has 0 bridgehead atoms. The Morgan fingerprint density at radius 2 is 1.68 bits per heavy atom. The van der Waals surface area contributed by atoms with Crippen LogP contribution in [0.1, 0.15) is 27.6 Å². The summed E-state index contributed by atoms with van der Waals surface area (Å²) in [7, 11) is 0. The molecule has 0 aliphatic carbocycles. The van der Waals surface area contributed by atoms with Gasteiger partial charge in [0.2, 0.25) is 0 Å². The van der Waals surface area contributed by atoms with E-state index in [2.05, 4.69) is 5.32 Å². The second-order valence-electron chi connectivity index (χ2n) is 7.56. The summed E-state index contributed by atoms with van der Waals surface area (Å²) in [5.41, 5.74) is 3.03. The van der Waals surface area contributed by atoms with Gasteiger partial charge in [-0.3, -0.25) is 4.79 Å². The zero-order chi connectivity index (χ0) is 23.7. The topological polar surface area (TPSA) is 68.3 Å². The second-order valence-corrected chi connectivity index (χ2v) is 9.04. The highest BCUT2D eigenvalue weighted by atomic mass is 35.5. The van der Waals surface area contributed by atoms with Gasteiger partial charge in [-0.25, -0.2) is 9.78 Å². The van der Waals surface area contributed by atoms with Crippen molar-refractivity contribution in [3.63, 3.8) is 0 Å². The van der Waals surface area contributed by atoms with Crippen molar-refractivity contribution < 1.29 is 14.3 Å². The van der Waals surface area contributed by atoms with E-state index >= 15 is 0 Å². The van der Waals surface area contributed by atoms with Gasteiger partial charge in [0, 0.05) is 26.1 Å². The fourth-order valence-electron chi connectivity index (χ4n) is 3.84. The summed E-state index contributed by atoms with van der Waals surface area (Å²) in [4.78, 5) is 31.1. The Morgan fingerprint density at radius 1 is 0.971 bits per heavy atom. The van der Waals surface area contributed by atoms with Crippen LogP contribution in [0.4, 0.5) is 5.00 Å². The third kappa shape index (κ3) is 4.14. The summed E-state index contributed by atoms with van der Waals surface area (Å²) in [6.45, 7) is 2.00. The minimum absolute atomic E-state index is 0.246. The molecule has 5 aromatic rings. The number of thiophene rings is 1. The molecule has 2 aromatic heterocycles. The fraction of sp³-hybridized carbons (Fsp3) is 0.0741. The molecule has 34 heavy (non-hydrogen) atoms. The van der Waals surface area contributed by atoms with Crippen molar-refractivity contribution >= 4 is 60.8 Å². The first-order chi connectivity index (χ1) is 16.5. The first-order valence-corrected chi connectivity index (χ1v) is 11.9. The van der Waals surface area contributed by atoms with Crippen molar-refractivity contribution in [2.75, 3.05) is 11.9 Å². The lowest BCUT2D eigenvalue weighted by atomic mass is 10.0.